The third kappa shape index (κ3) is 6.99. The molecule has 3 aliphatic carbocycles. The van der Waals surface area contributed by atoms with E-state index in [9.17, 15) is 19.7 Å². The molecule has 1 aromatic heterocycles. The summed E-state index contributed by atoms with van der Waals surface area (Å²) >= 11 is 0. The van der Waals surface area contributed by atoms with Crippen molar-refractivity contribution in [1.82, 2.24) is 15.7 Å². The third-order valence-electron chi connectivity index (χ3n) is 10.2. The van der Waals surface area contributed by atoms with Crippen LogP contribution in [0, 0.1) is 39.2 Å². The van der Waals surface area contributed by atoms with E-state index < -0.39 is 29.6 Å². The van der Waals surface area contributed by atoms with Crippen molar-refractivity contribution in [3.8, 4) is 0 Å². The van der Waals surface area contributed by atoms with Gasteiger partial charge in [-0.1, -0.05) is 57.4 Å². The van der Waals surface area contributed by atoms with Gasteiger partial charge in [-0.25, -0.2) is 20.1 Å². The van der Waals surface area contributed by atoms with Gasteiger partial charge in [0, 0.05) is 24.3 Å². The van der Waals surface area contributed by atoms with Gasteiger partial charge in [0.15, 0.2) is 10.8 Å². The minimum atomic E-state index is -0.784. The Morgan fingerprint density at radius 3 is 2.67 bits per heavy atom. The van der Waals surface area contributed by atoms with Gasteiger partial charge in [-0.3, -0.25) is 9.59 Å². The standard InChI is InChI=1S/C32H45BN6O6/c1-19(2)15-28(33-44-27-18-22-17-26(31(22,3)4)32(27,5)45-33)37-29(41)21(10-8-14-35-30(34)38-39(42)43)16-25(40)24-13-12-20-9-6-7-11-23(20)36-24/h6-7,9,11-13,19,21-22,26-28H,8,10,14-18H2,1-5H3,(H,37,41)(H3,34,35,38)/t21-,22+,26+,27-,28+,32+/m1/s1. The zero-order valence-corrected chi connectivity index (χ0v) is 26.8. The molecule has 6 rings (SSSR count). The number of carbonyl (C=O) groups excluding carboxylic acids is 2. The summed E-state index contributed by atoms with van der Waals surface area (Å²) in [5.41, 5.74) is 8.16. The number of hydrogen-bond acceptors (Lipinski definition) is 8. The number of para-hydroxylation sites is 1. The number of rotatable bonds is 13. The molecular weight excluding hydrogens is 575 g/mol. The number of guanidine groups is 1. The normalized spacial score (nSPS) is 26.6. The minimum absolute atomic E-state index is 0.0155. The van der Waals surface area contributed by atoms with Gasteiger partial charge in [-0.15, -0.1) is 0 Å². The van der Waals surface area contributed by atoms with E-state index in [0.29, 0.717) is 42.3 Å². The fourth-order valence-electron chi connectivity index (χ4n) is 7.66. The van der Waals surface area contributed by atoms with Gasteiger partial charge in [0.25, 0.3) is 5.96 Å². The second-order valence-corrected chi connectivity index (χ2v) is 14.1. The van der Waals surface area contributed by atoms with Crippen LogP contribution in [0.1, 0.15) is 83.6 Å². The average molecular weight is 621 g/mol. The van der Waals surface area contributed by atoms with Crippen molar-refractivity contribution in [2.75, 3.05) is 6.54 Å². The van der Waals surface area contributed by atoms with Gasteiger partial charge < -0.3 is 20.4 Å². The number of aromatic nitrogens is 1. The number of hydrogen-bond donors (Lipinski definition) is 3. The molecule has 242 valence electrons. The number of nitrogens with two attached hydrogens (primary N) is 1. The van der Waals surface area contributed by atoms with Crippen LogP contribution >= 0.6 is 0 Å². The smallest absolute Gasteiger partial charge is 0.404 e. The first-order chi connectivity index (χ1) is 21.3. The van der Waals surface area contributed by atoms with Crippen LogP contribution in [0.4, 0.5) is 0 Å². The summed E-state index contributed by atoms with van der Waals surface area (Å²) in [4.78, 5) is 46.6. The number of benzene rings is 1. The number of nitro groups is 1. The lowest BCUT2D eigenvalue weighted by atomic mass is 9.43. The number of pyridine rings is 1. The monoisotopic (exact) mass is 620 g/mol. The fourth-order valence-corrected chi connectivity index (χ4v) is 7.66. The molecule has 45 heavy (non-hydrogen) atoms. The summed E-state index contributed by atoms with van der Waals surface area (Å²) in [5.74, 6) is -0.650. The van der Waals surface area contributed by atoms with Crippen LogP contribution in [0.15, 0.2) is 41.4 Å². The van der Waals surface area contributed by atoms with Crippen LogP contribution in [-0.2, 0) is 14.1 Å². The molecule has 12 nitrogen and oxygen atoms in total. The third-order valence-corrected chi connectivity index (χ3v) is 10.2. The van der Waals surface area contributed by atoms with E-state index in [-0.39, 0.29) is 48.1 Å². The van der Waals surface area contributed by atoms with E-state index in [1.807, 2.05) is 35.8 Å². The Morgan fingerprint density at radius 2 is 1.96 bits per heavy atom. The number of Topliss-reactive ketones (excluding diaryl/α,β-unsaturated/α-hetero) is 1. The van der Waals surface area contributed by atoms with Gasteiger partial charge >= 0.3 is 7.12 Å². The Bertz CT molecular complexity index is 1470. The number of ketones is 1. The maximum absolute atomic E-state index is 14.0. The number of nitrogens with one attached hydrogen (secondary N) is 2. The van der Waals surface area contributed by atoms with Crippen molar-refractivity contribution >= 4 is 35.7 Å². The quantitative estimate of drug-likeness (QED) is 0.0567. The molecule has 0 radical (unpaired) electrons. The van der Waals surface area contributed by atoms with Crippen LogP contribution in [0.2, 0.25) is 0 Å². The molecule has 4 fully saturated rings. The molecule has 4 N–H and O–H groups in total. The lowest BCUT2D eigenvalue weighted by molar-refractivity contribution is -0.525. The summed E-state index contributed by atoms with van der Waals surface area (Å²) in [6.45, 7) is 11.1. The largest absolute Gasteiger partial charge is 0.481 e. The fraction of sp³-hybridized carbons (Fsp3) is 0.625. The molecule has 6 atom stereocenters. The molecule has 1 aliphatic heterocycles. The Morgan fingerprint density at radius 1 is 1.20 bits per heavy atom. The Balaban J connectivity index is 1.31. The van der Waals surface area contributed by atoms with Crippen LogP contribution in [-0.4, -0.2) is 59.0 Å². The van der Waals surface area contributed by atoms with Crippen molar-refractivity contribution < 1.29 is 23.9 Å². The summed E-state index contributed by atoms with van der Waals surface area (Å²) in [6.07, 6.45) is 3.37. The number of nitrogens with zero attached hydrogens (tertiary/aromatic N) is 3. The molecule has 2 bridgehead atoms. The van der Waals surface area contributed by atoms with E-state index in [0.717, 1.165) is 18.2 Å². The van der Waals surface area contributed by atoms with Crippen LogP contribution in [0.3, 0.4) is 0 Å². The molecule has 1 saturated heterocycles. The van der Waals surface area contributed by atoms with Crippen LogP contribution in [0.25, 0.3) is 10.9 Å². The van der Waals surface area contributed by atoms with Gasteiger partial charge in [0.1, 0.15) is 5.69 Å². The molecule has 1 amide bonds. The maximum Gasteiger partial charge on any atom is 0.481 e. The average Bonchev–Trinajstić information content (AvgIpc) is 3.34. The van der Waals surface area contributed by atoms with E-state index in [1.54, 1.807) is 6.07 Å². The lowest BCUT2D eigenvalue weighted by Gasteiger charge is -2.64. The molecule has 13 heteroatoms. The number of amides is 1. The van der Waals surface area contributed by atoms with Crippen LogP contribution in [0.5, 0.6) is 0 Å². The lowest BCUT2D eigenvalue weighted by Crippen LogP contribution is -2.65. The molecule has 0 unspecified atom stereocenters. The van der Waals surface area contributed by atoms with E-state index >= 15 is 0 Å². The van der Waals surface area contributed by atoms with Crippen molar-refractivity contribution in [1.29, 1.82) is 0 Å². The molecule has 1 aromatic carbocycles. The summed E-state index contributed by atoms with van der Waals surface area (Å²) in [5, 5.41) is 14.0. The summed E-state index contributed by atoms with van der Waals surface area (Å²) in [6, 6.07) is 11.1. The van der Waals surface area contributed by atoms with Gasteiger partial charge in [-0.2, -0.15) is 0 Å². The predicted molar refractivity (Wildman–Crippen MR) is 172 cm³/mol. The van der Waals surface area contributed by atoms with Gasteiger partial charge in [0.2, 0.25) is 5.91 Å². The van der Waals surface area contributed by atoms with E-state index in [1.165, 1.54) is 0 Å². The Labute approximate surface area is 264 Å². The highest BCUT2D eigenvalue weighted by molar-refractivity contribution is 6.47. The molecule has 3 saturated carbocycles. The predicted octanol–water partition coefficient (Wildman–Crippen LogP) is 4.10. The van der Waals surface area contributed by atoms with E-state index in [4.69, 9.17) is 15.0 Å². The van der Waals surface area contributed by atoms with Crippen molar-refractivity contribution in [2.45, 2.75) is 90.8 Å². The molecular formula is C32H45BN6O6. The number of hydrazine groups is 1. The first-order valence-corrected chi connectivity index (χ1v) is 16.0. The highest BCUT2D eigenvalue weighted by Crippen LogP contribution is 2.65. The van der Waals surface area contributed by atoms with Gasteiger partial charge in [0.05, 0.1) is 23.2 Å². The summed E-state index contributed by atoms with van der Waals surface area (Å²) < 4.78 is 13.3. The number of carbonyl (C=O) groups is 2. The Hall–Kier alpha value is -3.58. The first kappa shape index (κ1) is 32.8. The van der Waals surface area contributed by atoms with E-state index in [2.05, 4.69) is 49.9 Å². The highest BCUT2D eigenvalue weighted by atomic mass is 16.7. The molecule has 2 aromatic rings. The SMILES string of the molecule is CC(C)C[C@H](NC(=O)[C@H](CCCN=C(N)N[N+](=O)[O-])CC(=O)c1ccc2ccccc2n1)B1O[C@@H]2C[C@@H]3C[C@@H](C3(C)C)[C@]2(C)O1. The summed E-state index contributed by atoms with van der Waals surface area (Å²) in [7, 11) is -0.586. The van der Waals surface area contributed by atoms with Crippen molar-refractivity contribution in [3.63, 3.8) is 0 Å². The van der Waals surface area contributed by atoms with Crippen LogP contribution < -0.4 is 16.5 Å². The topological polar surface area (TPSA) is 171 Å². The first-order valence-electron chi connectivity index (χ1n) is 16.0. The second kappa shape index (κ2) is 13.0. The Kier molecular flexibility index (Phi) is 9.50. The number of aliphatic imine (C=N–C) groups is 1. The van der Waals surface area contributed by atoms with Crippen molar-refractivity contribution in [2.24, 2.45) is 39.8 Å². The van der Waals surface area contributed by atoms with Crippen molar-refractivity contribution in [3.05, 3.63) is 52.2 Å². The number of fused-ring (bicyclic) bond motifs is 1. The second-order valence-electron chi connectivity index (χ2n) is 14.1. The molecule has 4 aliphatic rings. The zero-order valence-electron chi connectivity index (χ0n) is 26.8. The van der Waals surface area contributed by atoms with Gasteiger partial charge in [-0.05, 0) is 74.3 Å². The maximum atomic E-state index is 14.0. The zero-order chi connectivity index (χ0) is 32.5. The molecule has 2 heterocycles. The minimum Gasteiger partial charge on any atom is -0.404 e. The molecule has 0 spiro atoms. The highest BCUT2D eigenvalue weighted by Gasteiger charge is 2.68.